The van der Waals surface area contributed by atoms with Gasteiger partial charge in [-0.05, 0) is 42.7 Å². The molecule has 0 aromatic heterocycles. The van der Waals surface area contributed by atoms with Gasteiger partial charge in [0.2, 0.25) is 0 Å². The van der Waals surface area contributed by atoms with Gasteiger partial charge in [0.05, 0.1) is 32.5 Å². The minimum atomic E-state index is 0.0582. The van der Waals surface area contributed by atoms with Gasteiger partial charge in [-0.25, -0.2) is 0 Å². The number of hydrogen-bond acceptors (Lipinski definition) is 5. The third-order valence-corrected chi connectivity index (χ3v) is 4.87. The normalized spacial score (nSPS) is 16.2. The molecule has 1 aliphatic heterocycles. The molecule has 0 saturated heterocycles. The summed E-state index contributed by atoms with van der Waals surface area (Å²) in [5.74, 6) is 1.46. The van der Waals surface area contributed by atoms with Crippen LogP contribution in [0.1, 0.15) is 43.0 Å². The summed E-state index contributed by atoms with van der Waals surface area (Å²) in [6, 6.07) is 14.4. The van der Waals surface area contributed by atoms with Gasteiger partial charge in [0, 0.05) is 12.0 Å². The number of ether oxygens (including phenoxy) is 2. The molecule has 27 heavy (non-hydrogen) atoms. The largest absolute Gasteiger partial charge is 0.493 e. The van der Waals surface area contributed by atoms with Crippen LogP contribution in [0.5, 0.6) is 11.5 Å². The molecular weight excluding hydrogens is 340 g/mol. The number of benzene rings is 2. The maximum absolute atomic E-state index is 11.8. The fraction of sp³-hybridized carbons (Fsp3) is 0.364. The third-order valence-electron chi connectivity index (χ3n) is 4.87. The Balaban J connectivity index is 1.91. The number of rotatable bonds is 7. The van der Waals surface area contributed by atoms with Crippen molar-refractivity contribution in [2.45, 2.75) is 32.7 Å². The van der Waals surface area contributed by atoms with Crippen LogP contribution in [0, 0.1) is 0 Å². The molecular formula is C22H26N2O3. The van der Waals surface area contributed by atoms with Crippen LogP contribution in [0.15, 0.2) is 47.6 Å². The zero-order valence-electron chi connectivity index (χ0n) is 16.4. The van der Waals surface area contributed by atoms with Gasteiger partial charge in [-0.3, -0.25) is 9.80 Å². The van der Waals surface area contributed by atoms with E-state index in [0.29, 0.717) is 18.0 Å². The molecule has 0 amide bonds. The molecule has 1 unspecified atom stereocenters. The number of methoxy groups -OCH3 is 2. The monoisotopic (exact) mass is 366 g/mol. The van der Waals surface area contributed by atoms with Crippen LogP contribution in [0.3, 0.4) is 0 Å². The lowest BCUT2D eigenvalue weighted by atomic mass is 9.97. The Labute approximate surface area is 160 Å². The minimum absolute atomic E-state index is 0.0582. The van der Waals surface area contributed by atoms with E-state index in [1.54, 1.807) is 21.1 Å². The third kappa shape index (κ3) is 4.13. The number of nitrogens with zero attached hydrogens (tertiary/aromatic N) is 2. The van der Waals surface area contributed by atoms with Crippen LogP contribution in [0.4, 0.5) is 0 Å². The van der Waals surface area contributed by atoms with Crippen molar-refractivity contribution in [3.05, 3.63) is 59.2 Å². The van der Waals surface area contributed by atoms with Gasteiger partial charge >= 0.3 is 0 Å². The summed E-state index contributed by atoms with van der Waals surface area (Å²) in [6.45, 7) is 4.04. The minimum Gasteiger partial charge on any atom is -0.493 e. The summed E-state index contributed by atoms with van der Waals surface area (Å²) in [6.07, 6.45) is 1.75. The van der Waals surface area contributed by atoms with E-state index in [0.717, 1.165) is 24.1 Å². The van der Waals surface area contributed by atoms with Crippen molar-refractivity contribution in [2.24, 2.45) is 5.10 Å². The molecule has 0 radical (unpaired) electrons. The van der Waals surface area contributed by atoms with Gasteiger partial charge in [-0.2, -0.15) is 5.10 Å². The summed E-state index contributed by atoms with van der Waals surface area (Å²) in [4.78, 5) is 11.8. The average Bonchev–Trinajstić information content (AvgIpc) is 3.10. The zero-order valence-corrected chi connectivity index (χ0v) is 16.4. The molecule has 0 N–H and O–H groups in total. The average molecular weight is 366 g/mol. The van der Waals surface area contributed by atoms with Gasteiger partial charge in [-0.1, -0.05) is 31.2 Å². The van der Waals surface area contributed by atoms with Crippen LogP contribution in [0.2, 0.25) is 0 Å². The highest BCUT2D eigenvalue weighted by Gasteiger charge is 2.29. The van der Waals surface area contributed by atoms with Gasteiger partial charge < -0.3 is 9.47 Å². The summed E-state index contributed by atoms with van der Waals surface area (Å²) in [7, 11) is 3.24. The highest BCUT2D eigenvalue weighted by molar-refractivity contribution is 6.02. The predicted molar refractivity (Wildman–Crippen MR) is 107 cm³/mol. The Morgan fingerprint density at radius 2 is 1.81 bits per heavy atom. The topological polar surface area (TPSA) is 51.1 Å². The van der Waals surface area contributed by atoms with Gasteiger partial charge in [-0.15, -0.1) is 0 Å². The highest BCUT2D eigenvalue weighted by atomic mass is 16.5. The Morgan fingerprint density at radius 3 is 2.41 bits per heavy atom. The molecule has 0 aliphatic carbocycles. The van der Waals surface area contributed by atoms with Crippen LogP contribution >= 0.6 is 0 Å². The van der Waals surface area contributed by atoms with E-state index in [1.165, 1.54) is 11.1 Å². The van der Waals surface area contributed by atoms with E-state index in [9.17, 15) is 4.79 Å². The molecule has 2 aromatic rings. The molecule has 1 heterocycles. The summed E-state index contributed by atoms with van der Waals surface area (Å²) >= 11 is 0. The second kappa shape index (κ2) is 8.25. The van der Waals surface area contributed by atoms with Crippen molar-refractivity contribution >= 4 is 11.5 Å². The maximum atomic E-state index is 11.8. The smallest absolute Gasteiger partial charge is 0.161 e. The molecule has 5 nitrogen and oxygen atoms in total. The SMILES string of the molecule is CCc1ccc(C2CC(c3ccc(OC)c(OC)c3)=NN2CC(C)=O)cc1. The maximum Gasteiger partial charge on any atom is 0.161 e. The lowest BCUT2D eigenvalue weighted by molar-refractivity contribution is -0.118. The highest BCUT2D eigenvalue weighted by Crippen LogP contribution is 2.35. The fourth-order valence-electron chi connectivity index (χ4n) is 3.38. The van der Waals surface area contributed by atoms with E-state index in [-0.39, 0.29) is 11.8 Å². The van der Waals surface area contributed by atoms with Crippen LogP contribution in [0.25, 0.3) is 0 Å². The first-order valence-electron chi connectivity index (χ1n) is 9.20. The Kier molecular flexibility index (Phi) is 5.79. The first-order chi connectivity index (χ1) is 13.0. The van der Waals surface area contributed by atoms with Crippen LogP contribution in [-0.4, -0.2) is 37.3 Å². The molecule has 2 aromatic carbocycles. The quantitative estimate of drug-likeness (QED) is 0.743. The van der Waals surface area contributed by atoms with Crippen molar-refractivity contribution < 1.29 is 14.3 Å². The first kappa shape index (κ1) is 19.0. The van der Waals surface area contributed by atoms with Gasteiger partial charge in [0.15, 0.2) is 17.3 Å². The van der Waals surface area contributed by atoms with E-state index < -0.39 is 0 Å². The molecule has 5 heteroatoms. The van der Waals surface area contributed by atoms with Crippen LogP contribution < -0.4 is 9.47 Å². The summed E-state index contributed by atoms with van der Waals surface area (Å²) in [5.41, 5.74) is 4.40. The van der Waals surface area contributed by atoms with E-state index >= 15 is 0 Å². The molecule has 3 rings (SSSR count). The standard InChI is InChI=1S/C22H26N2O3/c1-5-16-6-8-17(9-7-16)20-13-19(23-24(20)14-15(2)25)18-10-11-21(26-3)22(12-18)27-4/h6-12,20H,5,13-14H2,1-4H3. The van der Waals surface area contributed by atoms with Crippen LogP contribution in [-0.2, 0) is 11.2 Å². The van der Waals surface area contributed by atoms with E-state index in [4.69, 9.17) is 14.6 Å². The molecule has 1 aliphatic rings. The number of hydrazone groups is 1. The predicted octanol–water partition coefficient (Wildman–Crippen LogP) is 4.01. The molecule has 0 fully saturated rings. The number of hydrogen-bond donors (Lipinski definition) is 0. The molecule has 0 spiro atoms. The number of ketones is 1. The summed E-state index contributed by atoms with van der Waals surface area (Å²) in [5, 5.41) is 6.66. The van der Waals surface area contributed by atoms with E-state index in [1.807, 2.05) is 23.2 Å². The number of aryl methyl sites for hydroxylation is 1. The van der Waals surface area contributed by atoms with Crippen molar-refractivity contribution in [3.8, 4) is 11.5 Å². The number of carbonyl (C=O) groups excluding carboxylic acids is 1. The fourth-order valence-corrected chi connectivity index (χ4v) is 3.38. The second-order valence-electron chi connectivity index (χ2n) is 6.73. The molecule has 1 atom stereocenters. The zero-order chi connectivity index (χ0) is 19.4. The van der Waals surface area contributed by atoms with Crippen molar-refractivity contribution in [2.75, 3.05) is 20.8 Å². The number of Topliss-reactive ketones (excluding diaryl/α,β-unsaturated/α-hetero) is 1. The van der Waals surface area contributed by atoms with Crippen molar-refractivity contribution in [1.29, 1.82) is 0 Å². The Morgan fingerprint density at radius 1 is 1.11 bits per heavy atom. The summed E-state index contributed by atoms with van der Waals surface area (Å²) < 4.78 is 10.7. The van der Waals surface area contributed by atoms with E-state index in [2.05, 4.69) is 31.2 Å². The molecule has 0 bridgehead atoms. The lowest BCUT2D eigenvalue weighted by Crippen LogP contribution is -2.24. The Bertz CT molecular complexity index is 843. The number of carbonyl (C=O) groups is 1. The second-order valence-corrected chi connectivity index (χ2v) is 6.73. The van der Waals surface area contributed by atoms with Crippen molar-refractivity contribution in [3.63, 3.8) is 0 Å². The van der Waals surface area contributed by atoms with Gasteiger partial charge in [0.1, 0.15) is 0 Å². The lowest BCUT2D eigenvalue weighted by Gasteiger charge is -2.22. The van der Waals surface area contributed by atoms with Gasteiger partial charge in [0.25, 0.3) is 0 Å². The molecule has 142 valence electrons. The Hall–Kier alpha value is -2.82. The molecule has 0 saturated carbocycles. The first-order valence-corrected chi connectivity index (χ1v) is 9.20. The van der Waals surface area contributed by atoms with Crippen molar-refractivity contribution in [1.82, 2.24) is 5.01 Å².